The van der Waals surface area contributed by atoms with Crippen molar-refractivity contribution in [3.05, 3.63) is 0 Å². The first-order chi connectivity index (χ1) is 9.45. The lowest BCUT2D eigenvalue weighted by molar-refractivity contribution is -0.126. The van der Waals surface area contributed by atoms with Gasteiger partial charge in [0.05, 0.1) is 12.0 Å². The highest BCUT2D eigenvalue weighted by Crippen LogP contribution is 2.17. The standard InChI is InChI=1S/C14H27N3O3/c1-4-12(18)7-8-15-13(19)11-6-5-9-17(10-11)14(20)16(2)3/h11-12,18H,4-10H2,1-3H3,(H,15,19). The molecule has 1 aliphatic rings. The van der Waals surface area contributed by atoms with Crippen molar-refractivity contribution in [3.63, 3.8) is 0 Å². The van der Waals surface area contributed by atoms with Crippen LogP contribution in [0.25, 0.3) is 0 Å². The molecule has 0 aromatic carbocycles. The molecule has 6 nitrogen and oxygen atoms in total. The van der Waals surface area contributed by atoms with Crippen molar-refractivity contribution >= 4 is 11.9 Å². The smallest absolute Gasteiger partial charge is 0.319 e. The van der Waals surface area contributed by atoms with E-state index in [9.17, 15) is 14.7 Å². The summed E-state index contributed by atoms with van der Waals surface area (Å²) in [5.74, 6) is -0.143. The fourth-order valence-corrected chi connectivity index (χ4v) is 2.36. The summed E-state index contributed by atoms with van der Waals surface area (Å²) >= 11 is 0. The monoisotopic (exact) mass is 285 g/mol. The van der Waals surface area contributed by atoms with Gasteiger partial charge in [-0.2, -0.15) is 0 Å². The van der Waals surface area contributed by atoms with Crippen LogP contribution in [0.4, 0.5) is 4.79 Å². The van der Waals surface area contributed by atoms with Crippen LogP contribution in [0.15, 0.2) is 0 Å². The number of aliphatic hydroxyl groups excluding tert-OH is 1. The van der Waals surface area contributed by atoms with Gasteiger partial charge in [-0.3, -0.25) is 4.79 Å². The molecule has 1 heterocycles. The largest absolute Gasteiger partial charge is 0.393 e. The van der Waals surface area contributed by atoms with Gasteiger partial charge in [0, 0.05) is 33.7 Å². The number of hydrogen-bond acceptors (Lipinski definition) is 3. The maximum absolute atomic E-state index is 12.1. The van der Waals surface area contributed by atoms with Crippen LogP contribution in [-0.4, -0.2) is 66.7 Å². The number of nitrogens with one attached hydrogen (secondary N) is 1. The van der Waals surface area contributed by atoms with Gasteiger partial charge >= 0.3 is 6.03 Å². The molecule has 0 aliphatic carbocycles. The van der Waals surface area contributed by atoms with Crippen LogP contribution in [-0.2, 0) is 4.79 Å². The number of aliphatic hydroxyl groups is 1. The van der Waals surface area contributed by atoms with E-state index in [-0.39, 0.29) is 24.0 Å². The molecule has 0 spiro atoms. The van der Waals surface area contributed by atoms with Gasteiger partial charge in [-0.25, -0.2) is 4.79 Å². The van der Waals surface area contributed by atoms with Crippen LogP contribution < -0.4 is 5.32 Å². The van der Waals surface area contributed by atoms with E-state index in [1.165, 1.54) is 4.90 Å². The van der Waals surface area contributed by atoms with E-state index in [1.54, 1.807) is 19.0 Å². The summed E-state index contributed by atoms with van der Waals surface area (Å²) in [4.78, 5) is 27.2. The van der Waals surface area contributed by atoms with E-state index < -0.39 is 0 Å². The fraction of sp³-hybridized carbons (Fsp3) is 0.857. The summed E-state index contributed by atoms with van der Waals surface area (Å²) in [5, 5.41) is 12.3. The van der Waals surface area contributed by atoms with Crippen LogP contribution >= 0.6 is 0 Å². The lowest BCUT2D eigenvalue weighted by Crippen LogP contribution is -2.48. The first kappa shape index (κ1) is 16.8. The number of amides is 3. The number of nitrogens with zero attached hydrogens (tertiary/aromatic N) is 2. The SMILES string of the molecule is CCC(O)CCNC(=O)C1CCCN(C(=O)N(C)C)C1. The first-order valence-corrected chi connectivity index (χ1v) is 7.37. The highest BCUT2D eigenvalue weighted by molar-refractivity contribution is 5.80. The molecule has 1 aliphatic heterocycles. The van der Waals surface area contributed by atoms with E-state index >= 15 is 0 Å². The number of urea groups is 1. The van der Waals surface area contributed by atoms with Crippen molar-refractivity contribution in [1.29, 1.82) is 0 Å². The van der Waals surface area contributed by atoms with Crippen LogP contribution in [0.5, 0.6) is 0 Å². The van der Waals surface area contributed by atoms with Crippen LogP contribution in [0.3, 0.4) is 0 Å². The summed E-state index contributed by atoms with van der Waals surface area (Å²) in [6.45, 7) is 3.61. The van der Waals surface area contributed by atoms with E-state index in [0.29, 0.717) is 25.9 Å². The molecule has 1 fully saturated rings. The zero-order chi connectivity index (χ0) is 15.1. The predicted octanol–water partition coefficient (Wildman–Crippen LogP) is 0.657. The molecule has 116 valence electrons. The molecule has 0 bridgehead atoms. The van der Waals surface area contributed by atoms with Crippen LogP contribution in [0.1, 0.15) is 32.6 Å². The molecule has 6 heteroatoms. The second-order valence-corrected chi connectivity index (χ2v) is 5.60. The number of rotatable bonds is 5. The zero-order valence-corrected chi connectivity index (χ0v) is 12.8. The zero-order valence-electron chi connectivity index (χ0n) is 12.8. The summed E-state index contributed by atoms with van der Waals surface area (Å²) in [7, 11) is 3.44. The fourth-order valence-electron chi connectivity index (χ4n) is 2.36. The highest BCUT2D eigenvalue weighted by Gasteiger charge is 2.28. The van der Waals surface area contributed by atoms with Gasteiger partial charge in [0.1, 0.15) is 0 Å². The van der Waals surface area contributed by atoms with Crippen molar-refractivity contribution < 1.29 is 14.7 Å². The Morgan fingerprint density at radius 3 is 2.75 bits per heavy atom. The minimum atomic E-state index is -0.353. The Kier molecular flexibility index (Phi) is 6.78. The minimum Gasteiger partial charge on any atom is -0.393 e. The third kappa shape index (κ3) is 5.00. The average molecular weight is 285 g/mol. The van der Waals surface area contributed by atoms with Gasteiger partial charge in [0.15, 0.2) is 0 Å². The lowest BCUT2D eigenvalue weighted by Gasteiger charge is -2.33. The van der Waals surface area contributed by atoms with Crippen molar-refractivity contribution in [1.82, 2.24) is 15.1 Å². The Labute approximate surface area is 121 Å². The Balaban J connectivity index is 2.38. The normalized spacial score (nSPS) is 20.4. The Morgan fingerprint density at radius 1 is 1.45 bits per heavy atom. The van der Waals surface area contributed by atoms with Crippen molar-refractivity contribution in [2.24, 2.45) is 5.92 Å². The molecule has 2 unspecified atom stereocenters. The van der Waals surface area contributed by atoms with Crippen molar-refractivity contribution in [2.75, 3.05) is 33.7 Å². The molecule has 2 N–H and O–H groups in total. The molecule has 0 aromatic heterocycles. The van der Waals surface area contributed by atoms with Gasteiger partial charge in [-0.05, 0) is 25.7 Å². The topological polar surface area (TPSA) is 72.9 Å². The molecule has 2 atom stereocenters. The third-order valence-corrected chi connectivity index (χ3v) is 3.69. The van der Waals surface area contributed by atoms with Gasteiger partial charge in [0.2, 0.25) is 5.91 Å². The maximum atomic E-state index is 12.1. The van der Waals surface area contributed by atoms with E-state index in [1.807, 2.05) is 6.92 Å². The Bertz CT molecular complexity index is 334. The van der Waals surface area contributed by atoms with Crippen molar-refractivity contribution in [3.8, 4) is 0 Å². The van der Waals surface area contributed by atoms with Gasteiger partial charge in [0.25, 0.3) is 0 Å². The molecular formula is C14H27N3O3. The van der Waals surface area contributed by atoms with Gasteiger partial charge < -0.3 is 20.2 Å². The highest BCUT2D eigenvalue weighted by atomic mass is 16.3. The molecule has 0 aromatic rings. The van der Waals surface area contributed by atoms with Gasteiger partial charge in [-0.15, -0.1) is 0 Å². The molecular weight excluding hydrogens is 258 g/mol. The Morgan fingerprint density at radius 2 is 2.15 bits per heavy atom. The molecule has 1 saturated heterocycles. The minimum absolute atomic E-state index is 0.00967. The Hall–Kier alpha value is -1.30. The first-order valence-electron chi connectivity index (χ1n) is 7.37. The lowest BCUT2D eigenvalue weighted by atomic mass is 9.97. The number of likely N-dealkylation sites (tertiary alicyclic amines) is 1. The number of hydrogen-bond donors (Lipinski definition) is 2. The van der Waals surface area contributed by atoms with Crippen molar-refractivity contribution in [2.45, 2.75) is 38.7 Å². The van der Waals surface area contributed by atoms with E-state index in [2.05, 4.69) is 5.32 Å². The van der Waals surface area contributed by atoms with E-state index in [4.69, 9.17) is 0 Å². The quantitative estimate of drug-likeness (QED) is 0.779. The van der Waals surface area contributed by atoms with Crippen LogP contribution in [0.2, 0.25) is 0 Å². The molecule has 0 saturated carbocycles. The average Bonchev–Trinajstić information content (AvgIpc) is 2.46. The van der Waals surface area contributed by atoms with Gasteiger partial charge in [-0.1, -0.05) is 6.92 Å². The number of carbonyl (C=O) groups excluding carboxylic acids is 2. The number of carbonyl (C=O) groups is 2. The summed E-state index contributed by atoms with van der Waals surface area (Å²) < 4.78 is 0. The maximum Gasteiger partial charge on any atom is 0.319 e. The summed E-state index contributed by atoms with van der Waals surface area (Å²) in [6.07, 6.45) is 2.60. The summed E-state index contributed by atoms with van der Waals surface area (Å²) in [5.41, 5.74) is 0. The van der Waals surface area contributed by atoms with E-state index in [0.717, 1.165) is 19.4 Å². The van der Waals surface area contributed by atoms with Crippen LogP contribution in [0, 0.1) is 5.92 Å². The molecule has 20 heavy (non-hydrogen) atoms. The molecule has 3 amide bonds. The second kappa shape index (κ2) is 8.09. The summed E-state index contributed by atoms with van der Waals surface area (Å²) in [6, 6.07) is -0.0381. The predicted molar refractivity (Wildman–Crippen MR) is 77.3 cm³/mol. The number of piperidine rings is 1. The second-order valence-electron chi connectivity index (χ2n) is 5.60. The molecule has 1 rings (SSSR count). The third-order valence-electron chi connectivity index (χ3n) is 3.69. The molecule has 0 radical (unpaired) electrons.